The fourth-order valence-corrected chi connectivity index (χ4v) is 4.29. The van der Waals surface area contributed by atoms with Gasteiger partial charge in [-0.25, -0.2) is 9.78 Å². The number of ether oxygens (including phenoxy) is 1. The molecule has 4 nitrogen and oxygen atoms in total. The third kappa shape index (κ3) is 3.38. The molecule has 0 saturated heterocycles. The summed E-state index contributed by atoms with van der Waals surface area (Å²) in [4.78, 5) is 17.2. The topological polar surface area (TPSA) is 44.1 Å². The van der Waals surface area contributed by atoms with Crippen molar-refractivity contribution in [2.45, 2.75) is 41.2 Å². The molecular formula is C20H23ClN2O2S. The van der Waals surface area contributed by atoms with Crippen LogP contribution in [-0.4, -0.2) is 22.1 Å². The van der Waals surface area contributed by atoms with Crippen LogP contribution >= 0.6 is 22.9 Å². The highest BCUT2D eigenvalue weighted by atomic mass is 35.5. The van der Waals surface area contributed by atoms with Crippen LogP contribution in [0.3, 0.4) is 0 Å². The van der Waals surface area contributed by atoms with E-state index in [-0.39, 0.29) is 5.97 Å². The molecule has 0 atom stereocenters. The number of benzene rings is 1. The van der Waals surface area contributed by atoms with Crippen molar-refractivity contribution in [2.75, 3.05) is 6.61 Å². The number of aryl methyl sites for hydroxylation is 1. The maximum Gasteiger partial charge on any atom is 0.350 e. The molecule has 0 aliphatic rings. The summed E-state index contributed by atoms with van der Waals surface area (Å²) in [5.74, 6) is 0.223. The van der Waals surface area contributed by atoms with Crippen molar-refractivity contribution in [3.63, 3.8) is 0 Å². The molecule has 0 radical (unpaired) electrons. The molecule has 0 bridgehead atoms. The molecule has 138 valence electrons. The number of rotatable bonds is 5. The highest BCUT2D eigenvalue weighted by molar-refractivity contribution is 7.17. The van der Waals surface area contributed by atoms with Crippen LogP contribution < -0.4 is 0 Å². The van der Waals surface area contributed by atoms with Gasteiger partial charge in [0.25, 0.3) is 0 Å². The number of carbonyl (C=O) groups is 1. The Balaban J connectivity index is 2.06. The molecule has 26 heavy (non-hydrogen) atoms. The fraction of sp³-hybridized carbons (Fsp3) is 0.400. The van der Waals surface area contributed by atoms with Crippen LogP contribution in [0, 0.1) is 19.8 Å². The monoisotopic (exact) mass is 390 g/mol. The molecule has 2 aromatic heterocycles. The summed E-state index contributed by atoms with van der Waals surface area (Å²) in [5, 5.41) is 2.60. The summed E-state index contributed by atoms with van der Waals surface area (Å²) in [5.41, 5.74) is 3.87. The van der Waals surface area contributed by atoms with Gasteiger partial charge in [0.15, 0.2) is 0 Å². The summed E-state index contributed by atoms with van der Waals surface area (Å²) < 4.78 is 7.38. The van der Waals surface area contributed by atoms with Crippen molar-refractivity contribution in [2.24, 2.45) is 5.92 Å². The molecule has 0 spiro atoms. The Kier molecular flexibility index (Phi) is 5.39. The Labute approximate surface area is 162 Å². The summed E-state index contributed by atoms with van der Waals surface area (Å²) >= 11 is 7.97. The Bertz CT molecular complexity index is 972. The minimum atomic E-state index is -0.313. The van der Waals surface area contributed by atoms with E-state index >= 15 is 0 Å². The number of halogens is 1. The van der Waals surface area contributed by atoms with Crippen LogP contribution in [-0.2, 0) is 11.3 Å². The zero-order valence-corrected chi connectivity index (χ0v) is 17.3. The van der Waals surface area contributed by atoms with Crippen LogP contribution in [0.5, 0.6) is 0 Å². The van der Waals surface area contributed by atoms with Crippen molar-refractivity contribution in [1.82, 2.24) is 9.55 Å². The molecule has 0 saturated carbocycles. The lowest BCUT2D eigenvalue weighted by atomic mass is 10.1. The molecule has 0 aliphatic heterocycles. The average Bonchev–Trinajstić information content (AvgIpc) is 3.09. The Hall–Kier alpha value is -1.85. The van der Waals surface area contributed by atoms with E-state index in [1.54, 1.807) is 6.92 Å². The van der Waals surface area contributed by atoms with E-state index in [1.165, 1.54) is 11.3 Å². The Morgan fingerprint density at radius 1 is 1.35 bits per heavy atom. The van der Waals surface area contributed by atoms with Gasteiger partial charge < -0.3 is 9.30 Å². The maximum atomic E-state index is 12.1. The predicted molar refractivity (Wildman–Crippen MR) is 108 cm³/mol. The highest BCUT2D eigenvalue weighted by Gasteiger charge is 2.19. The van der Waals surface area contributed by atoms with Gasteiger partial charge in [-0.2, -0.15) is 0 Å². The van der Waals surface area contributed by atoms with Gasteiger partial charge in [-0.05, 0) is 44.9 Å². The smallest absolute Gasteiger partial charge is 0.350 e. The van der Waals surface area contributed by atoms with E-state index in [4.69, 9.17) is 16.3 Å². The molecule has 2 heterocycles. The Morgan fingerprint density at radius 3 is 2.73 bits per heavy atom. The lowest BCUT2D eigenvalue weighted by Crippen LogP contribution is -2.05. The number of aromatic nitrogens is 2. The number of hydrogen-bond donors (Lipinski definition) is 0. The van der Waals surface area contributed by atoms with Gasteiger partial charge in [-0.15, -0.1) is 11.3 Å². The zero-order valence-electron chi connectivity index (χ0n) is 15.7. The van der Waals surface area contributed by atoms with Crippen LogP contribution in [0.1, 0.15) is 41.8 Å². The third-order valence-electron chi connectivity index (χ3n) is 4.30. The second-order valence-electron chi connectivity index (χ2n) is 6.79. The normalized spacial score (nSPS) is 11.5. The summed E-state index contributed by atoms with van der Waals surface area (Å²) in [6, 6.07) is 6.20. The molecule has 6 heteroatoms. The van der Waals surface area contributed by atoms with Crippen LogP contribution in [0.4, 0.5) is 0 Å². The molecule has 0 N–H and O–H groups in total. The molecular weight excluding hydrogens is 368 g/mol. The fourth-order valence-electron chi connectivity index (χ4n) is 3.08. The van der Waals surface area contributed by atoms with Crippen molar-refractivity contribution in [3.8, 4) is 10.6 Å². The number of hydrogen-bond acceptors (Lipinski definition) is 4. The second-order valence-corrected chi connectivity index (χ2v) is 8.17. The largest absolute Gasteiger partial charge is 0.462 e. The second kappa shape index (κ2) is 7.41. The van der Waals surface area contributed by atoms with Gasteiger partial charge in [-0.1, -0.05) is 25.4 Å². The van der Waals surface area contributed by atoms with E-state index in [9.17, 15) is 4.79 Å². The first kappa shape index (κ1) is 18.9. The van der Waals surface area contributed by atoms with Gasteiger partial charge in [0.2, 0.25) is 0 Å². The van der Waals surface area contributed by atoms with E-state index in [1.807, 2.05) is 13.0 Å². The summed E-state index contributed by atoms with van der Waals surface area (Å²) in [6.45, 7) is 11.4. The first-order valence-electron chi connectivity index (χ1n) is 8.76. The predicted octanol–water partition coefficient (Wildman–Crippen LogP) is 5.87. The van der Waals surface area contributed by atoms with Crippen LogP contribution in [0.25, 0.3) is 21.5 Å². The lowest BCUT2D eigenvalue weighted by molar-refractivity contribution is 0.0531. The minimum absolute atomic E-state index is 0.313. The van der Waals surface area contributed by atoms with Crippen molar-refractivity contribution >= 4 is 39.8 Å². The molecule has 0 amide bonds. The summed E-state index contributed by atoms with van der Waals surface area (Å²) in [6.07, 6.45) is 0. The maximum absolute atomic E-state index is 12.1. The number of esters is 1. The lowest BCUT2D eigenvalue weighted by Gasteiger charge is -2.11. The van der Waals surface area contributed by atoms with Crippen LogP contribution in [0.2, 0.25) is 5.02 Å². The van der Waals surface area contributed by atoms with Gasteiger partial charge in [-0.3, -0.25) is 0 Å². The van der Waals surface area contributed by atoms with E-state index in [0.717, 1.165) is 38.7 Å². The van der Waals surface area contributed by atoms with Gasteiger partial charge in [0, 0.05) is 28.7 Å². The first-order chi connectivity index (χ1) is 12.3. The van der Waals surface area contributed by atoms with E-state index < -0.39 is 0 Å². The molecule has 0 aliphatic carbocycles. The van der Waals surface area contributed by atoms with Gasteiger partial charge >= 0.3 is 5.97 Å². The number of nitrogens with zero attached hydrogens (tertiary/aromatic N) is 2. The molecule has 1 aromatic carbocycles. The van der Waals surface area contributed by atoms with Gasteiger partial charge in [0.05, 0.1) is 17.3 Å². The highest BCUT2D eigenvalue weighted by Crippen LogP contribution is 2.36. The SMILES string of the molecule is CCOC(=O)c1sc(-c2ccc3c(c2)c(Cl)c(C)n3CC(C)C)nc1C. The van der Waals surface area contributed by atoms with E-state index in [0.29, 0.717) is 23.1 Å². The van der Waals surface area contributed by atoms with E-state index in [2.05, 4.69) is 42.5 Å². The minimum Gasteiger partial charge on any atom is -0.462 e. The third-order valence-corrected chi connectivity index (χ3v) is 5.96. The summed E-state index contributed by atoms with van der Waals surface area (Å²) in [7, 11) is 0. The number of thiazole rings is 1. The van der Waals surface area contributed by atoms with Crippen molar-refractivity contribution in [1.29, 1.82) is 0 Å². The average molecular weight is 391 g/mol. The number of carbonyl (C=O) groups excluding carboxylic acids is 1. The Morgan fingerprint density at radius 2 is 2.08 bits per heavy atom. The molecule has 0 fully saturated rings. The standard InChI is InChI=1S/C20H23ClN2O2S/c1-6-25-20(24)18-12(4)22-19(26-18)14-7-8-16-15(9-14)17(21)13(5)23(16)10-11(2)3/h7-9,11H,6,10H2,1-5H3. The molecule has 3 rings (SSSR count). The molecule has 0 unspecified atom stereocenters. The first-order valence-corrected chi connectivity index (χ1v) is 9.96. The molecule has 3 aromatic rings. The quantitative estimate of drug-likeness (QED) is 0.512. The zero-order chi connectivity index (χ0) is 19.0. The van der Waals surface area contributed by atoms with Crippen molar-refractivity contribution in [3.05, 3.63) is 39.5 Å². The number of fused-ring (bicyclic) bond motifs is 1. The van der Waals surface area contributed by atoms with Gasteiger partial charge in [0.1, 0.15) is 9.88 Å². The van der Waals surface area contributed by atoms with Crippen LogP contribution in [0.15, 0.2) is 18.2 Å². The van der Waals surface area contributed by atoms with Crippen molar-refractivity contribution < 1.29 is 9.53 Å².